The molecule has 0 spiro atoms. The second-order valence-corrected chi connectivity index (χ2v) is 16.4. The van der Waals surface area contributed by atoms with Crippen molar-refractivity contribution in [3.8, 4) is 0 Å². The fourth-order valence-electron chi connectivity index (χ4n) is 5.96. The van der Waals surface area contributed by atoms with Crippen molar-refractivity contribution in [1.29, 1.82) is 0 Å². The smallest absolute Gasteiger partial charge is 0.248 e. The van der Waals surface area contributed by atoms with E-state index in [2.05, 4.69) is 31.2 Å². The van der Waals surface area contributed by atoms with Crippen LogP contribution in [0.4, 0.5) is 14.5 Å². The van der Waals surface area contributed by atoms with Crippen molar-refractivity contribution in [3.05, 3.63) is 58.6 Å². The van der Waals surface area contributed by atoms with Crippen LogP contribution in [0.2, 0.25) is 5.02 Å². The van der Waals surface area contributed by atoms with E-state index in [4.69, 9.17) is 11.6 Å². The van der Waals surface area contributed by atoms with Crippen LogP contribution in [0.3, 0.4) is 0 Å². The predicted octanol–water partition coefficient (Wildman–Crippen LogP) is 3.05. The number of amides is 2. The number of halogens is 3. The van der Waals surface area contributed by atoms with Gasteiger partial charge >= 0.3 is 0 Å². The minimum Gasteiger partial charge on any atom is -0.381 e. The molecule has 4 rings (SSSR count). The van der Waals surface area contributed by atoms with Gasteiger partial charge in [0.1, 0.15) is 22.8 Å². The number of carbonyl (C=O) groups is 2. The number of hydrogen-bond donors (Lipinski definition) is 2. The largest absolute Gasteiger partial charge is 0.381 e. The zero-order valence-electron chi connectivity index (χ0n) is 25.6. The number of benzene rings is 2. The normalized spacial score (nSPS) is 18.3. The number of alkyl halides is 2. The molecule has 2 N–H and O–H groups in total. The Labute approximate surface area is 260 Å². The number of hydrogen-bond acceptors (Lipinski definition) is 5. The zero-order valence-corrected chi connectivity index (χ0v) is 27.2. The van der Waals surface area contributed by atoms with Crippen LogP contribution in [0.1, 0.15) is 43.2 Å². The minimum absolute atomic E-state index is 0.0515. The summed E-state index contributed by atoms with van der Waals surface area (Å²) in [4.78, 5) is 29.3. The Morgan fingerprint density at radius 2 is 1.67 bits per heavy atom. The summed E-state index contributed by atoms with van der Waals surface area (Å²) < 4.78 is 39.1. The summed E-state index contributed by atoms with van der Waals surface area (Å²) in [5, 5.41) is 7.37. The Morgan fingerprint density at radius 1 is 1.05 bits per heavy atom. The van der Waals surface area contributed by atoms with Gasteiger partial charge in [-0.05, 0) is 66.8 Å². The number of piperazine rings is 1. The van der Waals surface area contributed by atoms with Crippen molar-refractivity contribution in [2.45, 2.75) is 49.9 Å². The van der Waals surface area contributed by atoms with Gasteiger partial charge in [-0.25, -0.2) is 8.78 Å². The molecule has 0 aromatic heterocycles. The lowest BCUT2D eigenvalue weighted by Gasteiger charge is -2.45. The van der Waals surface area contributed by atoms with E-state index < -0.39 is 13.1 Å². The molecule has 0 bridgehead atoms. The summed E-state index contributed by atoms with van der Waals surface area (Å²) in [7, 11) is 2.00. The van der Waals surface area contributed by atoms with Gasteiger partial charge < -0.3 is 25.0 Å². The standard InChI is InChI=1S/C30H42B2ClF2N4O3P/c1-43(2,42)24-6-3-22(4-7-24)19-36-26-8-5-23(33)18-25(26)30(31,32)39-15-13-38(14-16-39)28(41)20-37-27(40)17-21-9-11-29(34,35)12-10-21/h3-8,18,21,36H,9-17,19-20,31-32H2,1-2H3,(H,37,40). The van der Waals surface area contributed by atoms with E-state index in [0.29, 0.717) is 50.6 Å². The molecule has 232 valence electrons. The van der Waals surface area contributed by atoms with E-state index in [1.807, 2.05) is 42.5 Å². The summed E-state index contributed by atoms with van der Waals surface area (Å²) in [5.41, 5.74) is 3.10. The molecule has 2 fully saturated rings. The zero-order chi connectivity index (χ0) is 31.4. The molecular weight excluding hydrogens is 590 g/mol. The number of nitrogens with one attached hydrogen (secondary N) is 2. The molecule has 7 nitrogen and oxygen atoms in total. The molecule has 0 atom stereocenters. The fourth-order valence-corrected chi connectivity index (χ4v) is 7.00. The monoisotopic (exact) mass is 632 g/mol. The molecule has 2 aromatic rings. The van der Waals surface area contributed by atoms with Gasteiger partial charge in [0.2, 0.25) is 17.7 Å². The molecule has 1 saturated heterocycles. The Morgan fingerprint density at radius 3 is 2.28 bits per heavy atom. The Kier molecular flexibility index (Phi) is 10.7. The van der Waals surface area contributed by atoms with Crippen molar-refractivity contribution >= 4 is 57.2 Å². The van der Waals surface area contributed by atoms with E-state index in [1.54, 1.807) is 18.2 Å². The first-order valence-corrected chi connectivity index (χ1v) is 18.0. The van der Waals surface area contributed by atoms with Gasteiger partial charge in [-0.15, -0.1) is 0 Å². The van der Waals surface area contributed by atoms with Gasteiger partial charge in [-0.2, -0.15) is 0 Å². The van der Waals surface area contributed by atoms with Crippen molar-refractivity contribution in [1.82, 2.24) is 15.1 Å². The maximum Gasteiger partial charge on any atom is 0.248 e. The average Bonchev–Trinajstić information content (AvgIpc) is 2.96. The van der Waals surface area contributed by atoms with Crippen molar-refractivity contribution in [3.63, 3.8) is 0 Å². The predicted molar refractivity (Wildman–Crippen MR) is 176 cm³/mol. The van der Waals surface area contributed by atoms with E-state index in [-0.39, 0.29) is 48.9 Å². The van der Waals surface area contributed by atoms with Gasteiger partial charge in [-0.3, -0.25) is 9.59 Å². The van der Waals surface area contributed by atoms with Crippen LogP contribution in [0, 0.1) is 5.92 Å². The first-order valence-electron chi connectivity index (χ1n) is 15.0. The molecule has 1 aliphatic heterocycles. The topological polar surface area (TPSA) is 81.8 Å². The lowest BCUT2D eigenvalue weighted by molar-refractivity contribution is -0.134. The van der Waals surface area contributed by atoms with Crippen LogP contribution in [0.5, 0.6) is 0 Å². The highest BCUT2D eigenvalue weighted by atomic mass is 35.5. The van der Waals surface area contributed by atoms with Crippen LogP contribution >= 0.6 is 18.7 Å². The number of anilines is 1. The Bertz CT molecular complexity index is 1340. The third-order valence-corrected chi connectivity index (χ3v) is 10.6. The maximum atomic E-state index is 13.4. The molecule has 2 aromatic carbocycles. The second kappa shape index (κ2) is 13.7. The van der Waals surface area contributed by atoms with E-state index in [1.165, 1.54) is 0 Å². The molecule has 1 heterocycles. The maximum absolute atomic E-state index is 13.4. The highest BCUT2D eigenvalue weighted by Crippen LogP contribution is 2.37. The Hall–Kier alpha value is -2.35. The number of carbonyl (C=O) groups excluding carboxylic acids is 2. The van der Waals surface area contributed by atoms with Crippen LogP contribution < -0.4 is 15.9 Å². The van der Waals surface area contributed by atoms with Gasteiger partial charge in [0.05, 0.1) is 6.54 Å². The first kappa shape index (κ1) is 33.5. The third-order valence-electron chi connectivity index (χ3n) is 8.85. The SMILES string of the molecule is BC(B)(c1cc(Cl)ccc1NCc1ccc(P(C)(C)=O)cc1)N1CCN(C(=O)CNC(=O)CC2CCC(F)(F)CC2)CC1. The summed E-state index contributed by atoms with van der Waals surface area (Å²) in [6.07, 6.45) is 0.518. The highest BCUT2D eigenvalue weighted by Gasteiger charge is 2.36. The van der Waals surface area contributed by atoms with Crippen LogP contribution in [-0.4, -0.2) is 89.3 Å². The lowest BCUT2D eigenvalue weighted by Crippen LogP contribution is -2.58. The van der Waals surface area contributed by atoms with E-state index >= 15 is 0 Å². The van der Waals surface area contributed by atoms with Gasteiger partial charge in [0.15, 0.2) is 0 Å². The van der Waals surface area contributed by atoms with Crippen molar-refractivity contribution in [2.24, 2.45) is 5.92 Å². The third kappa shape index (κ3) is 9.09. The molecule has 2 amide bonds. The molecule has 1 aliphatic carbocycles. The molecule has 13 heteroatoms. The van der Waals surface area contributed by atoms with Crippen molar-refractivity contribution in [2.75, 3.05) is 51.4 Å². The molecule has 1 saturated carbocycles. The van der Waals surface area contributed by atoms with Crippen LogP contribution in [0.25, 0.3) is 0 Å². The molecule has 43 heavy (non-hydrogen) atoms. The second-order valence-electron chi connectivity index (χ2n) is 12.8. The average molecular weight is 633 g/mol. The summed E-state index contributed by atoms with van der Waals surface area (Å²) in [5.74, 6) is -3.06. The molecule has 2 aliphatic rings. The number of rotatable bonds is 10. The van der Waals surface area contributed by atoms with Gasteiger partial charge in [0, 0.05) is 68.0 Å². The van der Waals surface area contributed by atoms with Gasteiger partial charge in [0.25, 0.3) is 0 Å². The summed E-state index contributed by atoms with van der Waals surface area (Å²) in [6, 6.07) is 13.7. The van der Waals surface area contributed by atoms with E-state index in [0.717, 1.165) is 22.1 Å². The quantitative estimate of drug-likeness (QED) is 0.311. The summed E-state index contributed by atoms with van der Waals surface area (Å²) in [6.45, 7) is 6.43. The summed E-state index contributed by atoms with van der Waals surface area (Å²) >= 11 is 6.44. The van der Waals surface area contributed by atoms with Crippen molar-refractivity contribution < 1.29 is 22.9 Å². The molecular formula is C30H42B2ClF2N4O3P. The molecule has 0 radical (unpaired) electrons. The van der Waals surface area contributed by atoms with Crippen LogP contribution in [0.15, 0.2) is 42.5 Å². The fraction of sp³-hybridized carbons (Fsp3) is 0.533. The first-order chi connectivity index (χ1) is 20.1. The van der Waals surface area contributed by atoms with E-state index in [9.17, 15) is 22.9 Å². The highest BCUT2D eigenvalue weighted by molar-refractivity contribution is 7.70. The van der Waals surface area contributed by atoms with Gasteiger partial charge in [-0.1, -0.05) is 35.9 Å². The number of nitrogens with zero attached hydrogens (tertiary/aromatic N) is 2. The lowest BCUT2D eigenvalue weighted by atomic mass is 9.56. The van der Waals surface area contributed by atoms with Crippen LogP contribution in [-0.2, 0) is 26.0 Å². The molecule has 0 unspecified atom stereocenters. The minimum atomic E-state index is -2.62. The Balaban J connectivity index is 1.30.